The first-order valence-electron chi connectivity index (χ1n) is 2.71. The number of hydrogen-bond donors (Lipinski definition) is 0. The molecule has 3 nitrogen and oxygen atoms in total. The first-order chi connectivity index (χ1) is 4.20. The first-order valence-corrected chi connectivity index (χ1v) is 2.71. The quantitative estimate of drug-likeness (QED) is 0.428. The van der Waals surface area contributed by atoms with Crippen molar-refractivity contribution in [2.75, 3.05) is 0 Å². The lowest BCUT2D eigenvalue weighted by Crippen LogP contribution is -2.36. The zero-order valence-electron chi connectivity index (χ0n) is 5.46. The summed E-state index contributed by atoms with van der Waals surface area (Å²) < 4.78 is 1.56. The molecule has 0 fully saturated rings. The highest BCUT2D eigenvalue weighted by Crippen LogP contribution is 1.92. The number of hydrogen-bond acceptors (Lipinski definition) is 2. The molecule has 0 unspecified atom stereocenters. The Labute approximate surface area is 53.6 Å². The van der Waals surface area contributed by atoms with Crippen LogP contribution in [-0.2, 0) is 7.05 Å². The lowest BCUT2D eigenvalue weighted by atomic mass is 10.4. The summed E-state index contributed by atoms with van der Waals surface area (Å²) >= 11 is 0. The molecule has 0 saturated carbocycles. The van der Waals surface area contributed by atoms with Crippen LogP contribution in [0.25, 0.3) is 0 Å². The average Bonchev–Trinajstić information content (AvgIpc) is 1.80. The molecule has 0 bridgehead atoms. The Balaban J connectivity index is 3.17. The lowest BCUT2D eigenvalue weighted by molar-refractivity contribution is -0.740. The zero-order chi connectivity index (χ0) is 6.85. The third-order valence-electron chi connectivity index (χ3n) is 1.23. The molecule has 0 spiro atoms. The van der Waals surface area contributed by atoms with Crippen LogP contribution in [0.3, 0.4) is 0 Å². The van der Waals surface area contributed by atoms with Crippen molar-refractivity contribution < 1.29 is 9.79 Å². The molecule has 3 heteroatoms. The van der Waals surface area contributed by atoms with Crippen molar-refractivity contribution in [2.24, 2.45) is 7.05 Å². The zero-order valence-corrected chi connectivity index (χ0v) is 5.46. The van der Waals surface area contributed by atoms with Gasteiger partial charge < -0.3 is 5.11 Å². The van der Waals surface area contributed by atoms with Gasteiger partial charge in [0, 0.05) is 13.0 Å². The van der Waals surface area contributed by atoms with E-state index in [4.69, 9.17) is 0 Å². The summed E-state index contributed by atoms with van der Waals surface area (Å²) in [7, 11) is 1.75. The molecule has 9 heavy (non-hydrogen) atoms. The van der Waals surface area contributed by atoms with Crippen LogP contribution in [0, 0.1) is 6.92 Å². The minimum Gasteiger partial charge on any atom is -0.855 e. The average molecular weight is 124 g/mol. The van der Waals surface area contributed by atoms with E-state index >= 15 is 0 Å². The molecular formula is C6H8N2O. The van der Waals surface area contributed by atoms with E-state index in [0.29, 0.717) is 0 Å². The van der Waals surface area contributed by atoms with Crippen LogP contribution in [0.15, 0.2) is 12.1 Å². The van der Waals surface area contributed by atoms with E-state index in [1.54, 1.807) is 17.8 Å². The van der Waals surface area contributed by atoms with E-state index in [1.165, 1.54) is 6.07 Å². The van der Waals surface area contributed by atoms with Crippen molar-refractivity contribution >= 4 is 0 Å². The topological polar surface area (TPSA) is 39.8 Å². The maximum absolute atomic E-state index is 10.5. The van der Waals surface area contributed by atoms with Crippen molar-refractivity contribution in [2.45, 2.75) is 6.92 Å². The summed E-state index contributed by atoms with van der Waals surface area (Å²) in [6.45, 7) is 1.90. The fraction of sp³-hybridized carbons (Fsp3) is 0.333. The fourth-order valence-corrected chi connectivity index (χ4v) is 0.560. The van der Waals surface area contributed by atoms with Crippen LogP contribution in [0.5, 0.6) is 5.88 Å². The second-order valence-electron chi connectivity index (χ2n) is 1.94. The highest BCUT2D eigenvalue weighted by atomic mass is 16.3. The summed E-state index contributed by atoms with van der Waals surface area (Å²) in [4.78, 5) is 0. The van der Waals surface area contributed by atoms with Crippen LogP contribution in [0.4, 0.5) is 0 Å². The van der Waals surface area contributed by atoms with Gasteiger partial charge in [0.1, 0.15) is 0 Å². The normalized spacial score (nSPS) is 9.56. The van der Waals surface area contributed by atoms with Crippen LogP contribution in [0.2, 0.25) is 0 Å². The van der Waals surface area contributed by atoms with Crippen LogP contribution < -0.4 is 9.79 Å². The van der Waals surface area contributed by atoms with Gasteiger partial charge in [-0.05, 0) is 11.2 Å². The van der Waals surface area contributed by atoms with Crippen LogP contribution >= 0.6 is 0 Å². The molecule has 0 N–H and O–H groups in total. The molecule has 0 aliphatic heterocycles. The molecule has 1 rings (SSSR count). The maximum atomic E-state index is 10.5. The molecule has 0 saturated heterocycles. The van der Waals surface area contributed by atoms with Crippen molar-refractivity contribution in [1.82, 2.24) is 5.10 Å². The second kappa shape index (κ2) is 2.01. The number of aryl methyl sites for hydroxylation is 2. The maximum Gasteiger partial charge on any atom is 0.205 e. The molecule has 0 aliphatic rings. The Morgan fingerprint density at radius 3 is 2.67 bits per heavy atom. The van der Waals surface area contributed by atoms with Crippen molar-refractivity contribution in [3.63, 3.8) is 0 Å². The summed E-state index contributed by atoms with van der Waals surface area (Å²) in [5.41, 5.74) is 0.981. The SMILES string of the molecule is Cc1ccc([O-])n[n+]1C. The largest absolute Gasteiger partial charge is 0.855 e. The standard InChI is InChI=1S/C6H8N2O/c1-5-3-4-6(9)7-8(5)2/h3-4H,1-2H3. The van der Waals surface area contributed by atoms with E-state index < -0.39 is 0 Å². The molecule has 0 radical (unpaired) electrons. The number of aromatic nitrogens is 2. The molecular weight excluding hydrogens is 116 g/mol. The van der Waals surface area contributed by atoms with Crippen LogP contribution in [0.1, 0.15) is 5.69 Å². The molecule has 0 amide bonds. The van der Waals surface area contributed by atoms with Gasteiger partial charge in [0.05, 0.1) is 5.88 Å². The molecule has 48 valence electrons. The summed E-state index contributed by atoms with van der Waals surface area (Å²) in [5.74, 6) is -0.192. The van der Waals surface area contributed by atoms with Crippen molar-refractivity contribution in [1.29, 1.82) is 0 Å². The van der Waals surface area contributed by atoms with Gasteiger partial charge in [0.2, 0.25) is 5.69 Å². The van der Waals surface area contributed by atoms with Gasteiger partial charge in [0.15, 0.2) is 7.05 Å². The Hall–Kier alpha value is -1.12. The van der Waals surface area contributed by atoms with Gasteiger partial charge in [-0.25, -0.2) is 0 Å². The second-order valence-corrected chi connectivity index (χ2v) is 1.94. The van der Waals surface area contributed by atoms with Gasteiger partial charge in [-0.1, -0.05) is 4.68 Å². The first kappa shape index (κ1) is 6.01. The predicted molar refractivity (Wildman–Crippen MR) is 29.6 cm³/mol. The van der Waals surface area contributed by atoms with Gasteiger partial charge in [-0.2, -0.15) is 0 Å². The van der Waals surface area contributed by atoms with Crippen molar-refractivity contribution in [3.05, 3.63) is 17.8 Å². The summed E-state index contributed by atoms with van der Waals surface area (Å²) in [6.07, 6.45) is 0. The molecule has 0 atom stereocenters. The smallest absolute Gasteiger partial charge is 0.205 e. The summed E-state index contributed by atoms with van der Waals surface area (Å²) in [5, 5.41) is 14.1. The molecule has 1 aromatic rings. The van der Waals surface area contributed by atoms with Gasteiger partial charge in [-0.15, -0.1) is 0 Å². The Morgan fingerprint density at radius 2 is 2.22 bits per heavy atom. The Morgan fingerprint density at radius 1 is 1.56 bits per heavy atom. The minimum absolute atomic E-state index is 0.192. The highest BCUT2D eigenvalue weighted by molar-refractivity contribution is 5.03. The number of rotatable bonds is 0. The molecule has 1 aromatic heterocycles. The Bertz CT molecular complexity index is 222. The fourth-order valence-electron chi connectivity index (χ4n) is 0.560. The van der Waals surface area contributed by atoms with Gasteiger partial charge >= 0.3 is 0 Å². The highest BCUT2D eigenvalue weighted by Gasteiger charge is 1.96. The lowest BCUT2D eigenvalue weighted by Gasteiger charge is -1.98. The molecule has 0 aromatic carbocycles. The van der Waals surface area contributed by atoms with Gasteiger partial charge in [-0.3, -0.25) is 0 Å². The van der Waals surface area contributed by atoms with E-state index in [9.17, 15) is 5.11 Å². The third kappa shape index (κ3) is 1.16. The van der Waals surface area contributed by atoms with E-state index in [0.717, 1.165) is 5.69 Å². The van der Waals surface area contributed by atoms with Crippen molar-refractivity contribution in [3.8, 4) is 5.88 Å². The predicted octanol–water partition coefficient (Wildman–Crippen LogP) is -0.712. The van der Waals surface area contributed by atoms with E-state index in [1.807, 2.05) is 6.92 Å². The monoisotopic (exact) mass is 124 g/mol. The van der Waals surface area contributed by atoms with E-state index in [-0.39, 0.29) is 5.88 Å². The van der Waals surface area contributed by atoms with Gasteiger partial charge in [0.25, 0.3) is 0 Å². The van der Waals surface area contributed by atoms with E-state index in [2.05, 4.69) is 5.10 Å². The molecule has 0 aliphatic carbocycles. The Kier molecular flexibility index (Phi) is 1.34. The third-order valence-corrected chi connectivity index (χ3v) is 1.23. The minimum atomic E-state index is -0.192. The molecule has 1 heterocycles. The number of nitrogens with zero attached hydrogens (tertiary/aromatic N) is 2. The summed E-state index contributed by atoms with van der Waals surface area (Å²) in [6, 6.07) is 3.20. The van der Waals surface area contributed by atoms with Crippen LogP contribution in [-0.4, -0.2) is 5.10 Å².